The minimum Gasteiger partial charge on any atom is -0.408 e. The van der Waals surface area contributed by atoms with E-state index in [1.165, 1.54) is 4.57 Å². The molecule has 4 aromatic rings. The summed E-state index contributed by atoms with van der Waals surface area (Å²) in [5.41, 5.74) is 4.43. The SMILES string of the molecule is Cn1c(=O)oc2ccc(-c3csc4c(CC(C#N)NC(=O)C5CNCCCO5)csc34)cc21. The van der Waals surface area contributed by atoms with Gasteiger partial charge >= 0.3 is 5.76 Å². The molecule has 2 atom stereocenters. The van der Waals surface area contributed by atoms with Crippen molar-refractivity contribution in [3.63, 3.8) is 0 Å². The fraction of sp³-hybridized carbons (Fsp3) is 0.348. The highest BCUT2D eigenvalue weighted by molar-refractivity contribution is 7.27. The van der Waals surface area contributed by atoms with Gasteiger partial charge in [0, 0.05) is 42.3 Å². The van der Waals surface area contributed by atoms with Crippen LogP contribution >= 0.6 is 22.7 Å². The molecule has 1 aliphatic rings. The molecule has 4 heterocycles. The van der Waals surface area contributed by atoms with Crippen LogP contribution in [0.3, 0.4) is 0 Å². The third kappa shape index (κ3) is 4.20. The van der Waals surface area contributed by atoms with Gasteiger partial charge < -0.3 is 19.8 Å². The lowest BCUT2D eigenvalue weighted by molar-refractivity contribution is -0.132. The lowest BCUT2D eigenvalue weighted by Crippen LogP contribution is -2.46. The van der Waals surface area contributed by atoms with Crippen LogP contribution in [0, 0.1) is 11.3 Å². The molecule has 5 rings (SSSR count). The molecule has 1 amide bonds. The third-order valence-electron chi connectivity index (χ3n) is 5.79. The highest BCUT2D eigenvalue weighted by atomic mass is 32.1. The first-order valence-corrected chi connectivity index (χ1v) is 12.4. The van der Waals surface area contributed by atoms with Crippen LogP contribution in [0.5, 0.6) is 0 Å². The number of carbonyl (C=O) groups excluding carboxylic acids is 1. The first-order chi connectivity index (χ1) is 16.0. The molecule has 170 valence electrons. The van der Waals surface area contributed by atoms with E-state index in [1.807, 2.05) is 18.2 Å². The first-order valence-electron chi connectivity index (χ1n) is 10.6. The average Bonchev–Trinajstić information content (AvgIpc) is 3.40. The summed E-state index contributed by atoms with van der Waals surface area (Å²) in [7, 11) is 1.69. The molecule has 2 N–H and O–H groups in total. The number of oxazole rings is 1. The van der Waals surface area contributed by atoms with Gasteiger partial charge in [-0.25, -0.2) is 4.79 Å². The van der Waals surface area contributed by atoms with Gasteiger partial charge in [0.1, 0.15) is 12.1 Å². The molecule has 10 heteroatoms. The van der Waals surface area contributed by atoms with Gasteiger partial charge in [-0.15, -0.1) is 22.7 Å². The van der Waals surface area contributed by atoms with E-state index in [2.05, 4.69) is 27.5 Å². The number of thiophene rings is 2. The van der Waals surface area contributed by atoms with Gasteiger partial charge in [0.15, 0.2) is 5.58 Å². The fourth-order valence-corrected chi connectivity index (χ4v) is 6.45. The number of aryl methyl sites for hydroxylation is 1. The summed E-state index contributed by atoms with van der Waals surface area (Å²) >= 11 is 3.24. The Kier molecular flexibility index (Phi) is 6.03. The van der Waals surface area contributed by atoms with Gasteiger partial charge in [-0.05, 0) is 41.6 Å². The first kappa shape index (κ1) is 21.9. The molecule has 0 saturated carbocycles. The smallest absolute Gasteiger partial charge is 0.408 e. The van der Waals surface area contributed by atoms with Gasteiger partial charge in [-0.1, -0.05) is 6.07 Å². The molecule has 1 fully saturated rings. The van der Waals surface area contributed by atoms with Crippen molar-refractivity contribution in [2.75, 3.05) is 19.7 Å². The number of amides is 1. The van der Waals surface area contributed by atoms with E-state index >= 15 is 0 Å². The lowest BCUT2D eigenvalue weighted by atomic mass is 10.1. The van der Waals surface area contributed by atoms with Gasteiger partial charge in [0.05, 0.1) is 16.3 Å². The van der Waals surface area contributed by atoms with Crippen molar-refractivity contribution in [3.05, 3.63) is 45.1 Å². The highest BCUT2D eigenvalue weighted by Gasteiger charge is 2.24. The molecule has 0 aliphatic carbocycles. The number of rotatable bonds is 5. The second-order valence-electron chi connectivity index (χ2n) is 7.99. The van der Waals surface area contributed by atoms with Crippen LogP contribution in [0.4, 0.5) is 0 Å². The topological polar surface area (TPSA) is 109 Å². The molecule has 0 spiro atoms. The summed E-state index contributed by atoms with van der Waals surface area (Å²) in [6, 6.07) is 7.31. The van der Waals surface area contributed by atoms with Crippen molar-refractivity contribution in [3.8, 4) is 17.2 Å². The van der Waals surface area contributed by atoms with Gasteiger partial charge in [0.25, 0.3) is 5.91 Å². The number of nitrogens with one attached hydrogen (secondary N) is 2. The van der Waals surface area contributed by atoms with Crippen molar-refractivity contribution in [1.82, 2.24) is 15.2 Å². The van der Waals surface area contributed by atoms with Crippen LogP contribution in [0.25, 0.3) is 31.6 Å². The Hall–Kier alpha value is -2.97. The molecule has 8 nitrogen and oxygen atoms in total. The molecule has 0 radical (unpaired) electrons. The predicted octanol–water partition coefficient (Wildman–Crippen LogP) is 3.00. The number of benzene rings is 1. The highest BCUT2D eigenvalue weighted by Crippen LogP contribution is 2.41. The second-order valence-corrected chi connectivity index (χ2v) is 9.75. The molecule has 33 heavy (non-hydrogen) atoms. The lowest BCUT2D eigenvalue weighted by Gasteiger charge is -2.17. The molecule has 0 bridgehead atoms. The van der Waals surface area contributed by atoms with Crippen molar-refractivity contribution in [1.29, 1.82) is 5.26 Å². The maximum atomic E-state index is 12.6. The number of hydrogen-bond donors (Lipinski definition) is 2. The molecule has 1 saturated heterocycles. The Morgan fingerprint density at radius 2 is 2.21 bits per heavy atom. The quantitative estimate of drug-likeness (QED) is 0.453. The summed E-state index contributed by atoms with van der Waals surface area (Å²) in [6.45, 7) is 1.81. The van der Waals surface area contributed by atoms with Crippen LogP contribution in [-0.4, -0.2) is 42.3 Å². The van der Waals surface area contributed by atoms with E-state index in [0.717, 1.165) is 44.6 Å². The van der Waals surface area contributed by atoms with Gasteiger partial charge in [-0.3, -0.25) is 9.36 Å². The third-order valence-corrected chi connectivity index (χ3v) is 8.04. The maximum absolute atomic E-state index is 12.6. The van der Waals surface area contributed by atoms with Crippen molar-refractivity contribution < 1.29 is 13.9 Å². The van der Waals surface area contributed by atoms with Gasteiger partial charge in [0.2, 0.25) is 0 Å². The number of ether oxygens (including phenoxy) is 1. The van der Waals surface area contributed by atoms with Crippen LogP contribution in [0.15, 0.2) is 38.2 Å². The summed E-state index contributed by atoms with van der Waals surface area (Å²) < 4.78 is 14.6. The summed E-state index contributed by atoms with van der Waals surface area (Å²) in [4.78, 5) is 24.4. The Morgan fingerprint density at radius 3 is 3.06 bits per heavy atom. The van der Waals surface area contributed by atoms with E-state index < -0.39 is 12.1 Å². The molecule has 2 unspecified atom stereocenters. The summed E-state index contributed by atoms with van der Waals surface area (Å²) in [5, 5.41) is 19.8. The second kappa shape index (κ2) is 9.11. The average molecular weight is 483 g/mol. The summed E-state index contributed by atoms with van der Waals surface area (Å²) in [5.74, 6) is -0.640. The molecule has 1 aliphatic heterocycles. The molecule has 3 aromatic heterocycles. The van der Waals surface area contributed by atoms with E-state index in [9.17, 15) is 14.9 Å². The Bertz CT molecular complexity index is 1420. The minimum absolute atomic E-state index is 0.256. The van der Waals surface area contributed by atoms with Crippen molar-refractivity contribution in [2.45, 2.75) is 25.0 Å². The molecule has 1 aromatic carbocycles. The Labute approximate surface area is 197 Å². The van der Waals surface area contributed by atoms with Crippen LogP contribution in [-0.2, 0) is 23.0 Å². The summed E-state index contributed by atoms with van der Waals surface area (Å²) in [6.07, 6.45) is 0.716. The fourth-order valence-electron chi connectivity index (χ4n) is 4.00. The Balaban J connectivity index is 1.37. The van der Waals surface area contributed by atoms with E-state index in [0.29, 0.717) is 25.2 Å². The zero-order chi connectivity index (χ0) is 22.9. The zero-order valence-corrected chi connectivity index (χ0v) is 19.6. The Morgan fingerprint density at radius 1 is 1.36 bits per heavy atom. The van der Waals surface area contributed by atoms with E-state index in [1.54, 1.807) is 29.7 Å². The van der Waals surface area contributed by atoms with E-state index in [-0.39, 0.29) is 11.7 Å². The minimum atomic E-state index is -0.635. The van der Waals surface area contributed by atoms with Crippen LogP contribution in [0.1, 0.15) is 12.0 Å². The largest absolute Gasteiger partial charge is 0.419 e. The number of hydrogen-bond acceptors (Lipinski definition) is 8. The standard InChI is InChI=1S/C23H22N4O4S2/c1-27-17-8-13(3-4-18(17)31-23(27)29)16-12-33-20-14(11-32-21(16)20)7-15(9-24)26-22(28)19-10-25-5-2-6-30-19/h3-4,8,11-12,15,19,25H,2,5-7,10H2,1H3,(H,26,28). The maximum Gasteiger partial charge on any atom is 0.419 e. The van der Waals surface area contributed by atoms with Crippen molar-refractivity contribution in [2.24, 2.45) is 7.05 Å². The monoisotopic (exact) mass is 482 g/mol. The molecular weight excluding hydrogens is 460 g/mol. The number of nitrogens with zero attached hydrogens (tertiary/aromatic N) is 2. The van der Waals surface area contributed by atoms with Crippen LogP contribution < -0.4 is 16.4 Å². The van der Waals surface area contributed by atoms with Crippen LogP contribution in [0.2, 0.25) is 0 Å². The predicted molar refractivity (Wildman–Crippen MR) is 129 cm³/mol. The number of fused-ring (bicyclic) bond motifs is 2. The number of aromatic nitrogens is 1. The van der Waals surface area contributed by atoms with Crippen molar-refractivity contribution >= 4 is 49.1 Å². The number of carbonyl (C=O) groups is 1. The zero-order valence-electron chi connectivity index (χ0n) is 17.9. The number of nitriles is 1. The van der Waals surface area contributed by atoms with E-state index in [4.69, 9.17) is 9.15 Å². The van der Waals surface area contributed by atoms with Gasteiger partial charge in [-0.2, -0.15) is 5.26 Å². The normalized spacial score (nSPS) is 17.6. The molecular formula is C23H22N4O4S2.